The lowest BCUT2D eigenvalue weighted by Gasteiger charge is -2.14. The highest BCUT2D eigenvalue weighted by molar-refractivity contribution is 7.85. The molecule has 0 bridgehead atoms. The first-order valence-electron chi connectivity index (χ1n) is 11.2. The van der Waals surface area contributed by atoms with Crippen LogP contribution in [0.1, 0.15) is 22.8 Å². The summed E-state index contributed by atoms with van der Waals surface area (Å²) in [5.74, 6) is -0.730. The van der Waals surface area contributed by atoms with Crippen LogP contribution in [0.25, 0.3) is 10.8 Å². The van der Waals surface area contributed by atoms with Crippen LogP contribution >= 0.6 is 23.2 Å². The number of anilines is 1. The highest BCUT2D eigenvalue weighted by Gasteiger charge is 2.20. The number of carbonyl (C=O) groups excluding carboxylic acids is 1. The van der Waals surface area contributed by atoms with Crippen molar-refractivity contribution >= 4 is 67.1 Å². The van der Waals surface area contributed by atoms with E-state index in [4.69, 9.17) is 27.9 Å². The van der Waals surface area contributed by atoms with Gasteiger partial charge in [0.25, 0.3) is 16.0 Å². The van der Waals surface area contributed by atoms with Gasteiger partial charge in [-0.15, -0.1) is 5.11 Å². The molecule has 0 atom stereocenters. The molecule has 4 rings (SSSR count). The lowest BCUT2D eigenvalue weighted by atomic mass is 10.0. The standard InChI is InChI=1S/C26H21Cl2N3O6S/c1-3-37-23-11-16(27)8-9-21(23)29-26(33)19-10-15-6-4-5-7-18(15)24(25(19)32)31-30-22-13-17(38(34,35)36)12-20(28)14(22)2/h4-13,32H,3H2,1-2H3,(H,29,33)(H,34,35,36). The van der Waals surface area contributed by atoms with E-state index in [1.54, 1.807) is 56.3 Å². The predicted molar refractivity (Wildman–Crippen MR) is 146 cm³/mol. The van der Waals surface area contributed by atoms with Crippen LogP contribution in [0, 0.1) is 6.92 Å². The molecule has 38 heavy (non-hydrogen) atoms. The fraction of sp³-hybridized carbons (Fsp3) is 0.115. The number of hydrogen-bond acceptors (Lipinski definition) is 7. The average molecular weight is 574 g/mol. The van der Waals surface area contributed by atoms with Crippen molar-refractivity contribution in [3.05, 3.63) is 81.8 Å². The summed E-state index contributed by atoms with van der Waals surface area (Å²) in [6.45, 7) is 3.73. The van der Waals surface area contributed by atoms with Crippen molar-refractivity contribution in [3.63, 3.8) is 0 Å². The maximum absolute atomic E-state index is 13.3. The molecule has 0 aliphatic heterocycles. The van der Waals surface area contributed by atoms with E-state index in [1.807, 2.05) is 0 Å². The van der Waals surface area contributed by atoms with Gasteiger partial charge < -0.3 is 15.2 Å². The number of nitrogens with zero attached hydrogens (tertiary/aromatic N) is 2. The summed E-state index contributed by atoms with van der Waals surface area (Å²) in [6.07, 6.45) is 0. The van der Waals surface area contributed by atoms with Gasteiger partial charge in [-0.1, -0.05) is 47.5 Å². The first-order chi connectivity index (χ1) is 18.0. The number of phenols is 1. The molecule has 0 heterocycles. The number of hydrogen-bond donors (Lipinski definition) is 3. The third kappa shape index (κ3) is 5.73. The lowest BCUT2D eigenvalue weighted by molar-refractivity contribution is 0.102. The molecule has 3 N–H and O–H groups in total. The minimum Gasteiger partial charge on any atom is -0.505 e. The second-order valence-corrected chi connectivity index (χ2v) is 10.4. The summed E-state index contributed by atoms with van der Waals surface area (Å²) in [5.41, 5.74) is 0.681. The number of amides is 1. The highest BCUT2D eigenvalue weighted by Crippen LogP contribution is 2.41. The van der Waals surface area contributed by atoms with E-state index < -0.39 is 26.7 Å². The zero-order valence-corrected chi connectivity index (χ0v) is 22.4. The van der Waals surface area contributed by atoms with Gasteiger partial charge in [0, 0.05) is 21.5 Å². The minimum atomic E-state index is -4.56. The Labute approximate surface area is 228 Å². The SMILES string of the molecule is CCOc1cc(Cl)ccc1NC(=O)c1cc2ccccc2c(N=Nc2cc(S(=O)(=O)O)cc(Cl)c2C)c1O. The van der Waals surface area contributed by atoms with Crippen molar-refractivity contribution in [3.8, 4) is 11.5 Å². The summed E-state index contributed by atoms with van der Waals surface area (Å²) >= 11 is 12.2. The molecular formula is C26H21Cl2N3O6S. The molecule has 0 aliphatic rings. The van der Waals surface area contributed by atoms with E-state index in [0.717, 1.165) is 12.1 Å². The van der Waals surface area contributed by atoms with E-state index in [9.17, 15) is 22.9 Å². The zero-order chi connectivity index (χ0) is 27.6. The monoisotopic (exact) mass is 573 g/mol. The number of phenolic OH excluding ortho intramolecular Hbond substituents is 1. The van der Waals surface area contributed by atoms with Gasteiger partial charge >= 0.3 is 0 Å². The van der Waals surface area contributed by atoms with E-state index in [1.165, 1.54) is 6.07 Å². The number of nitrogens with one attached hydrogen (secondary N) is 1. The maximum atomic E-state index is 13.3. The van der Waals surface area contributed by atoms with Crippen LogP contribution in [0.2, 0.25) is 10.0 Å². The number of rotatable bonds is 7. The fourth-order valence-corrected chi connectivity index (χ4v) is 4.62. The third-order valence-corrected chi connectivity index (χ3v) is 7.04. The molecule has 1 amide bonds. The summed E-state index contributed by atoms with van der Waals surface area (Å²) in [6, 6.07) is 15.3. The van der Waals surface area contributed by atoms with E-state index >= 15 is 0 Å². The number of aromatic hydroxyl groups is 1. The molecule has 4 aromatic carbocycles. The van der Waals surface area contributed by atoms with Gasteiger partial charge in [-0.3, -0.25) is 9.35 Å². The molecular weight excluding hydrogens is 553 g/mol. The van der Waals surface area contributed by atoms with Gasteiger partial charge in [-0.25, -0.2) is 0 Å². The van der Waals surface area contributed by atoms with Crippen molar-refractivity contribution in [1.82, 2.24) is 0 Å². The molecule has 0 aromatic heterocycles. The number of ether oxygens (including phenoxy) is 1. The molecule has 0 saturated carbocycles. The molecule has 12 heteroatoms. The van der Waals surface area contributed by atoms with Crippen molar-refractivity contribution in [2.45, 2.75) is 18.7 Å². The predicted octanol–water partition coefficient (Wildman–Crippen LogP) is 7.47. The third-order valence-electron chi connectivity index (χ3n) is 5.58. The Hall–Kier alpha value is -3.70. The van der Waals surface area contributed by atoms with Crippen LogP contribution in [0.4, 0.5) is 17.1 Å². The number of azo groups is 1. The Morgan fingerprint density at radius 1 is 1.05 bits per heavy atom. The zero-order valence-electron chi connectivity index (χ0n) is 20.1. The molecule has 0 spiro atoms. The molecule has 4 aromatic rings. The molecule has 0 saturated heterocycles. The van der Waals surface area contributed by atoms with E-state index in [0.29, 0.717) is 39.4 Å². The van der Waals surface area contributed by atoms with E-state index in [-0.39, 0.29) is 22.0 Å². The Morgan fingerprint density at radius 2 is 1.79 bits per heavy atom. The second-order valence-electron chi connectivity index (χ2n) is 8.09. The first kappa shape index (κ1) is 27.3. The van der Waals surface area contributed by atoms with Gasteiger partial charge in [0.15, 0.2) is 5.75 Å². The van der Waals surface area contributed by atoms with Crippen molar-refractivity contribution in [1.29, 1.82) is 0 Å². The largest absolute Gasteiger partial charge is 0.505 e. The normalized spacial score (nSPS) is 11.7. The summed E-state index contributed by atoms with van der Waals surface area (Å²) in [5, 5.41) is 23.6. The van der Waals surface area contributed by atoms with Crippen LogP contribution in [0.15, 0.2) is 75.8 Å². The molecule has 0 fully saturated rings. The highest BCUT2D eigenvalue weighted by atomic mass is 35.5. The smallest absolute Gasteiger partial charge is 0.294 e. The molecule has 9 nitrogen and oxygen atoms in total. The summed E-state index contributed by atoms with van der Waals surface area (Å²) in [4.78, 5) is 12.8. The van der Waals surface area contributed by atoms with Crippen molar-refractivity contribution in [2.75, 3.05) is 11.9 Å². The first-order valence-corrected chi connectivity index (χ1v) is 13.4. The van der Waals surface area contributed by atoms with Gasteiger partial charge in [-0.2, -0.15) is 13.5 Å². The lowest BCUT2D eigenvalue weighted by Crippen LogP contribution is -2.13. The van der Waals surface area contributed by atoms with Gasteiger partial charge in [0.05, 0.1) is 28.4 Å². The van der Waals surface area contributed by atoms with Crippen molar-refractivity contribution in [2.24, 2.45) is 10.2 Å². The minimum absolute atomic E-state index is 0.0258. The quantitative estimate of drug-likeness (QED) is 0.155. The van der Waals surface area contributed by atoms with Crippen LogP contribution in [-0.2, 0) is 10.1 Å². The Bertz CT molecular complexity index is 1710. The number of carbonyl (C=O) groups is 1. The Kier molecular flexibility index (Phi) is 7.89. The fourth-order valence-electron chi connectivity index (χ4n) is 3.65. The van der Waals surface area contributed by atoms with E-state index in [2.05, 4.69) is 15.5 Å². The average Bonchev–Trinajstić information content (AvgIpc) is 2.86. The van der Waals surface area contributed by atoms with Gasteiger partial charge in [-0.05, 0) is 55.1 Å². The van der Waals surface area contributed by atoms with Crippen LogP contribution in [-0.4, -0.2) is 30.6 Å². The molecule has 0 radical (unpaired) electrons. The van der Waals surface area contributed by atoms with Gasteiger partial charge in [0.2, 0.25) is 0 Å². The number of benzene rings is 4. The number of fused-ring (bicyclic) bond motifs is 1. The van der Waals surface area contributed by atoms with Crippen LogP contribution < -0.4 is 10.1 Å². The Balaban J connectivity index is 1.81. The van der Waals surface area contributed by atoms with Crippen LogP contribution in [0.5, 0.6) is 11.5 Å². The Morgan fingerprint density at radius 3 is 2.50 bits per heavy atom. The van der Waals surface area contributed by atoms with Gasteiger partial charge in [0.1, 0.15) is 11.4 Å². The summed E-state index contributed by atoms with van der Waals surface area (Å²) < 4.78 is 38.2. The topological polar surface area (TPSA) is 138 Å². The molecule has 196 valence electrons. The molecule has 0 unspecified atom stereocenters. The van der Waals surface area contributed by atoms with Crippen molar-refractivity contribution < 1.29 is 27.6 Å². The maximum Gasteiger partial charge on any atom is 0.294 e. The molecule has 0 aliphatic carbocycles. The number of halogens is 2. The van der Waals surface area contributed by atoms with Crippen LogP contribution in [0.3, 0.4) is 0 Å². The summed E-state index contributed by atoms with van der Waals surface area (Å²) in [7, 11) is -4.56. The second kappa shape index (κ2) is 11.0.